The van der Waals surface area contributed by atoms with Crippen molar-refractivity contribution in [2.45, 2.75) is 0 Å². The summed E-state index contributed by atoms with van der Waals surface area (Å²) in [6.07, 6.45) is 1.69. The van der Waals surface area contributed by atoms with E-state index in [0.29, 0.717) is 21.8 Å². The molecule has 2 aromatic carbocycles. The highest BCUT2D eigenvalue weighted by molar-refractivity contribution is 9.10. The van der Waals surface area contributed by atoms with Crippen molar-refractivity contribution in [2.75, 3.05) is 5.73 Å². The lowest BCUT2D eigenvalue weighted by atomic mass is 10.0. The first-order valence-electron chi connectivity index (χ1n) is 5.93. The number of nitrogen functional groups attached to an aromatic ring is 1. The van der Waals surface area contributed by atoms with Crippen LogP contribution >= 0.6 is 27.5 Å². The van der Waals surface area contributed by atoms with Gasteiger partial charge in [0, 0.05) is 43.4 Å². The van der Waals surface area contributed by atoms with Crippen molar-refractivity contribution in [2.24, 2.45) is 0 Å². The zero-order valence-electron chi connectivity index (χ0n) is 10.3. The number of aromatic nitrogens is 1. The molecule has 0 aliphatic rings. The van der Waals surface area contributed by atoms with Crippen LogP contribution in [-0.4, -0.2) is 10.8 Å². The van der Waals surface area contributed by atoms with Crippen molar-refractivity contribution >= 4 is 49.9 Å². The van der Waals surface area contributed by atoms with E-state index in [1.165, 1.54) is 0 Å². The van der Waals surface area contributed by atoms with E-state index >= 15 is 0 Å². The maximum Gasteiger partial charge on any atom is 0.197 e. The number of hydrogen-bond acceptors (Lipinski definition) is 2. The zero-order chi connectivity index (χ0) is 14.3. The highest BCUT2D eigenvalue weighted by Crippen LogP contribution is 2.30. The molecule has 0 unspecified atom stereocenters. The van der Waals surface area contributed by atoms with E-state index < -0.39 is 0 Å². The van der Waals surface area contributed by atoms with Crippen LogP contribution < -0.4 is 5.73 Å². The maximum absolute atomic E-state index is 12.7. The lowest BCUT2D eigenvalue weighted by molar-refractivity contribution is 0.104. The Morgan fingerprint density at radius 3 is 2.80 bits per heavy atom. The minimum absolute atomic E-state index is 0.150. The molecule has 0 aliphatic heterocycles. The van der Waals surface area contributed by atoms with Gasteiger partial charge in [-0.2, -0.15) is 0 Å². The molecule has 1 heterocycles. The van der Waals surface area contributed by atoms with Crippen LogP contribution in [0.4, 0.5) is 5.69 Å². The Bertz CT molecular complexity index is 826. The third kappa shape index (κ3) is 2.11. The first-order chi connectivity index (χ1) is 9.58. The summed E-state index contributed by atoms with van der Waals surface area (Å²) in [5.41, 5.74) is 8.17. The van der Waals surface area contributed by atoms with E-state index in [2.05, 4.69) is 20.9 Å². The Morgan fingerprint density at radius 2 is 2.00 bits per heavy atom. The number of aromatic amines is 1. The summed E-state index contributed by atoms with van der Waals surface area (Å²) in [5.74, 6) is -0.150. The van der Waals surface area contributed by atoms with Crippen LogP contribution in [0.25, 0.3) is 10.9 Å². The Hall–Kier alpha value is -1.78. The van der Waals surface area contributed by atoms with E-state index in [1.807, 2.05) is 18.2 Å². The highest BCUT2D eigenvalue weighted by atomic mass is 79.9. The lowest BCUT2D eigenvalue weighted by Crippen LogP contribution is -2.05. The first kappa shape index (κ1) is 13.2. The Morgan fingerprint density at radius 1 is 1.20 bits per heavy atom. The van der Waals surface area contributed by atoms with Crippen LogP contribution in [0.3, 0.4) is 0 Å². The number of carbonyl (C=O) groups is 1. The molecule has 3 rings (SSSR count). The molecule has 0 atom stereocenters. The quantitative estimate of drug-likeness (QED) is 0.532. The summed E-state index contributed by atoms with van der Waals surface area (Å²) in [6.45, 7) is 0. The van der Waals surface area contributed by atoms with Gasteiger partial charge in [-0.05, 0) is 30.3 Å². The second-order valence-corrected chi connectivity index (χ2v) is 5.72. The van der Waals surface area contributed by atoms with E-state index in [4.69, 9.17) is 17.3 Å². The predicted molar refractivity (Wildman–Crippen MR) is 85.3 cm³/mol. The molecular weight excluding hydrogens is 340 g/mol. The molecule has 100 valence electrons. The number of benzene rings is 2. The van der Waals surface area contributed by atoms with Crippen molar-refractivity contribution in [1.29, 1.82) is 0 Å². The average Bonchev–Trinajstić information content (AvgIpc) is 2.86. The molecule has 0 bridgehead atoms. The molecule has 0 aliphatic carbocycles. The van der Waals surface area contributed by atoms with Gasteiger partial charge >= 0.3 is 0 Å². The van der Waals surface area contributed by atoms with Crippen molar-refractivity contribution in [1.82, 2.24) is 4.98 Å². The SMILES string of the molecule is Nc1ccc(Cl)cc1C(=O)c1c[nH]c2cccc(Br)c12. The van der Waals surface area contributed by atoms with Gasteiger partial charge in [-0.25, -0.2) is 0 Å². The number of anilines is 1. The molecular formula is C15H10BrClN2O. The number of hydrogen-bond donors (Lipinski definition) is 2. The van der Waals surface area contributed by atoms with Gasteiger partial charge in [0.15, 0.2) is 5.78 Å². The Labute approximate surface area is 128 Å². The van der Waals surface area contributed by atoms with Gasteiger partial charge in [-0.3, -0.25) is 4.79 Å². The number of carbonyl (C=O) groups excluding carboxylic acids is 1. The van der Waals surface area contributed by atoms with Gasteiger partial charge in [0.1, 0.15) is 0 Å². The van der Waals surface area contributed by atoms with Crippen LogP contribution in [0.15, 0.2) is 47.1 Å². The number of fused-ring (bicyclic) bond motifs is 1. The molecule has 3 aromatic rings. The van der Waals surface area contributed by atoms with Crippen molar-refractivity contribution in [3.63, 3.8) is 0 Å². The first-order valence-corrected chi connectivity index (χ1v) is 7.10. The van der Waals surface area contributed by atoms with Gasteiger partial charge in [-0.15, -0.1) is 0 Å². The number of nitrogens with two attached hydrogens (primary N) is 1. The minimum Gasteiger partial charge on any atom is -0.398 e. The van der Waals surface area contributed by atoms with E-state index in [0.717, 1.165) is 15.4 Å². The number of halogens is 2. The largest absolute Gasteiger partial charge is 0.398 e. The average molecular weight is 350 g/mol. The van der Waals surface area contributed by atoms with Crippen LogP contribution in [0.1, 0.15) is 15.9 Å². The summed E-state index contributed by atoms with van der Waals surface area (Å²) < 4.78 is 0.861. The van der Waals surface area contributed by atoms with Crippen LogP contribution in [0.2, 0.25) is 5.02 Å². The van der Waals surface area contributed by atoms with E-state index in [1.54, 1.807) is 24.4 Å². The zero-order valence-corrected chi connectivity index (χ0v) is 12.6. The Kier molecular flexibility index (Phi) is 3.28. The minimum atomic E-state index is -0.150. The summed E-state index contributed by atoms with van der Waals surface area (Å²) in [6, 6.07) is 10.6. The third-order valence-electron chi connectivity index (χ3n) is 3.16. The van der Waals surface area contributed by atoms with Gasteiger partial charge < -0.3 is 10.7 Å². The second kappa shape index (κ2) is 4.96. The van der Waals surface area contributed by atoms with E-state index in [9.17, 15) is 4.79 Å². The summed E-state index contributed by atoms with van der Waals surface area (Å²) in [4.78, 5) is 15.8. The topological polar surface area (TPSA) is 58.9 Å². The molecule has 0 saturated carbocycles. The van der Waals surface area contributed by atoms with Gasteiger partial charge in [-0.1, -0.05) is 33.6 Å². The molecule has 3 N–H and O–H groups in total. The second-order valence-electron chi connectivity index (χ2n) is 4.43. The fourth-order valence-corrected chi connectivity index (χ4v) is 2.94. The monoisotopic (exact) mass is 348 g/mol. The fourth-order valence-electron chi connectivity index (χ4n) is 2.19. The van der Waals surface area contributed by atoms with Gasteiger partial charge in [0.25, 0.3) is 0 Å². The van der Waals surface area contributed by atoms with Crippen LogP contribution in [-0.2, 0) is 0 Å². The fraction of sp³-hybridized carbons (Fsp3) is 0. The smallest absolute Gasteiger partial charge is 0.197 e. The number of rotatable bonds is 2. The number of ketones is 1. The molecule has 0 amide bonds. The van der Waals surface area contributed by atoms with Crippen molar-refractivity contribution in [3.8, 4) is 0 Å². The molecule has 3 nitrogen and oxygen atoms in total. The van der Waals surface area contributed by atoms with Crippen LogP contribution in [0.5, 0.6) is 0 Å². The van der Waals surface area contributed by atoms with Gasteiger partial charge in [0.2, 0.25) is 0 Å². The van der Waals surface area contributed by atoms with E-state index in [-0.39, 0.29) is 5.78 Å². The molecule has 0 fully saturated rings. The van der Waals surface area contributed by atoms with Crippen molar-refractivity contribution < 1.29 is 4.79 Å². The van der Waals surface area contributed by atoms with Gasteiger partial charge in [0.05, 0.1) is 0 Å². The molecule has 0 spiro atoms. The number of H-pyrrole nitrogens is 1. The molecule has 20 heavy (non-hydrogen) atoms. The van der Waals surface area contributed by atoms with Crippen LogP contribution in [0, 0.1) is 0 Å². The van der Waals surface area contributed by atoms with Crippen molar-refractivity contribution in [3.05, 3.63) is 63.2 Å². The summed E-state index contributed by atoms with van der Waals surface area (Å²) >= 11 is 9.42. The Balaban J connectivity index is 2.21. The molecule has 5 heteroatoms. The molecule has 1 aromatic heterocycles. The summed E-state index contributed by atoms with van der Waals surface area (Å²) in [5, 5.41) is 1.33. The molecule has 0 radical (unpaired) electrons. The molecule has 0 saturated heterocycles. The lowest BCUT2D eigenvalue weighted by Gasteiger charge is -2.05. The number of nitrogens with one attached hydrogen (secondary N) is 1. The highest BCUT2D eigenvalue weighted by Gasteiger charge is 2.18. The normalized spacial score (nSPS) is 10.9. The standard InChI is InChI=1S/C15H10BrClN2O/c16-11-2-1-3-13-14(11)10(7-19-13)15(20)9-6-8(17)4-5-12(9)18/h1-7,19H,18H2. The summed E-state index contributed by atoms with van der Waals surface area (Å²) in [7, 11) is 0. The maximum atomic E-state index is 12.7. The third-order valence-corrected chi connectivity index (χ3v) is 4.06. The predicted octanol–water partition coefficient (Wildman–Crippen LogP) is 4.40.